The van der Waals surface area contributed by atoms with Crippen molar-refractivity contribution in [2.24, 2.45) is 0 Å². The number of hydrogen-bond donors (Lipinski definition) is 1. The Bertz CT molecular complexity index is 727. The molecule has 3 aliphatic rings. The third kappa shape index (κ3) is 1.95. The molecule has 1 aliphatic carbocycles. The number of rotatable bonds is 1. The summed E-state index contributed by atoms with van der Waals surface area (Å²) >= 11 is 0. The third-order valence-electron chi connectivity index (χ3n) is 6.32. The van der Waals surface area contributed by atoms with E-state index >= 15 is 0 Å². The molecule has 2 aliphatic heterocycles. The number of morpholine rings is 1. The second-order valence-electron chi connectivity index (χ2n) is 7.63. The molecule has 0 saturated carbocycles. The SMILES string of the molecule is CN1C2COCC1CC(O)(C1c3ccccc3-c3ccccc31)C2. The van der Waals surface area contributed by atoms with E-state index in [0.717, 1.165) is 26.1 Å². The number of hydrogen-bond acceptors (Lipinski definition) is 3. The summed E-state index contributed by atoms with van der Waals surface area (Å²) < 4.78 is 5.75. The summed E-state index contributed by atoms with van der Waals surface area (Å²) in [4.78, 5) is 2.41. The Morgan fingerprint density at radius 1 is 0.917 bits per heavy atom. The molecule has 2 unspecified atom stereocenters. The van der Waals surface area contributed by atoms with Crippen molar-refractivity contribution in [3.8, 4) is 11.1 Å². The minimum Gasteiger partial charge on any atom is -0.389 e. The smallest absolute Gasteiger partial charge is 0.0788 e. The molecule has 2 saturated heterocycles. The van der Waals surface area contributed by atoms with Gasteiger partial charge in [0.1, 0.15) is 0 Å². The van der Waals surface area contributed by atoms with E-state index in [1.165, 1.54) is 22.3 Å². The highest BCUT2D eigenvalue weighted by Gasteiger charge is 2.51. The fourth-order valence-corrected chi connectivity index (χ4v) is 5.15. The summed E-state index contributed by atoms with van der Waals surface area (Å²) in [6.07, 6.45) is 1.54. The second-order valence-corrected chi connectivity index (χ2v) is 7.63. The molecule has 0 radical (unpaired) electrons. The number of benzene rings is 2. The molecule has 0 aromatic heterocycles. The molecule has 5 rings (SSSR count). The van der Waals surface area contributed by atoms with Gasteiger partial charge in [0, 0.05) is 18.0 Å². The largest absolute Gasteiger partial charge is 0.389 e. The summed E-state index contributed by atoms with van der Waals surface area (Å²) in [5.74, 6) is 0.0710. The Hall–Kier alpha value is -1.68. The van der Waals surface area contributed by atoms with Crippen molar-refractivity contribution in [2.75, 3.05) is 20.3 Å². The Balaban J connectivity index is 1.64. The lowest BCUT2D eigenvalue weighted by atomic mass is 9.70. The fraction of sp³-hybridized carbons (Fsp3) is 0.429. The third-order valence-corrected chi connectivity index (χ3v) is 6.32. The molecule has 2 atom stereocenters. The molecule has 2 bridgehead atoms. The Labute approximate surface area is 142 Å². The van der Waals surface area contributed by atoms with Crippen LogP contribution in [0.5, 0.6) is 0 Å². The van der Waals surface area contributed by atoms with Crippen molar-refractivity contribution < 1.29 is 9.84 Å². The molecule has 3 heteroatoms. The van der Waals surface area contributed by atoms with Crippen LogP contribution in [0, 0.1) is 0 Å². The van der Waals surface area contributed by atoms with E-state index in [1.54, 1.807) is 0 Å². The van der Waals surface area contributed by atoms with Gasteiger partial charge in [-0.25, -0.2) is 0 Å². The van der Waals surface area contributed by atoms with Gasteiger partial charge in [-0.3, -0.25) is 4.90 Å². The zero-order valence-corrected chi connectivity index (χ0v) is 14.0. The molecule has 3 nitrogen and oxygen atoms in total. The number of nitrogens with zero attached hydrogens (tertiary/aromatic N) is 1. The highest BCUT2D eigenvalue weighted by Crippen LogP contribution is 2.53. The molecule has 0 spiro atoms. The summed E-state index contributed by atoms with van der Waals surface area (Å²) in [7, 11) is 2.17. The lowest BCUT2D eigenvalue weighted by molar-refractivity contribution is -0.138. The predicted molar refractivity (Wildman–Crippen MR) is 94.1 cm³/mol. The molecule has 0 amide bonds. The molecule has 1 N–H and O–H groups in total. The van der Waals surface area contributed by atoms with Crippen LogP contribution in [0.25, 0.3) is 11.1 Å². The van der Waals surface area contributed by atoms with E-state index in [1.807, 2.05) is 0 Å². The standard InChI is InChI=1S/C21H23NO2/c1-22-14-10-21(23,11-15(22)13-24-12-14)20-18-8-4-2-6-16(18)17-7-3-5-9-19(17)20/h2-9,14-15,20,23H,10-13H2,1H3. The number of piperidine rings is 1. The second kappa shape index (κ2) is 5.16. The van der Waals surface area contributed by atoms with E-state index in [2.05, 4.69) is 60.5 Å². The van der Waals surface area contributed by atoms with Gasteiger partial charge < -0.3 is 9.84 Å². The molecular weight excluding hydrogens is 298 g/mol. The number of ether oxygens (including phenoxy) is 1. The Morgan fingerprint density at radius 2 is 1.42 bits per heavy atom. The van der Waals surface area contributed by atoms with Gasteiger partial charge in [0.25, 0.3) is 0 Å². The van der Waals surface area contributed by atoms with E-state index in [-0.39, 0.29) is 5.92 Å². The van der Waals surface area contributed by atoms with Gasteiger partial charge in [0.15, 0.2) is 0 Å². The maximum atomic E-state index is 11.8. The van der Waals surface area contributed by atoms with Gasteiger partial charge in [-0.05, 0) is 42.1 Å². The number of aliphatic hydroxyl groups is 1. The van der Waals surface area contributed by atoms with Gasteiger partial charge >= 0.3 is 0 Å². The van der Waals surface area contributed by atoms with Gasteiger partial charge in [-0.1, -0.05) is 48.5 Å². The molecule has 2 heterocycles. The van der Waals surface area contributed by atoms with Gasteiger partial charge in [-0.15, -0.1) is 0 Å². The van der Waals surface area contributed by atoms with Gasteiger partial charge in [0.05, 0.1) is 18.8 Å². The van der Waals surface area contributed by atoms with Crippen molar-refractivity contribution >= 4 is 0 Å². The first-order valence-electron chi connectivity index (χ1n) is 8.88. The lowest BCUT2D eigenvalue weighted by Gasteiger charge is -2.52. The van der Waals surface area contributed by atoms with Crippen LogP contribution >= 0.6 is 0 Å². The summed E-state index contributed by atoms with van der Waals surface area (Å²) in [6.45, 7) is 1.46. The summed E-state index contributed by atoms with van der Waals surface area (Å²) in [6, 6.07) is 17.8. The van der Waals surface area contributed by atoms with Crippen LogP contribution in [0.3, 0.4) is 0 Å². The van der Waals surface area contributed by atoms with Crippen molar-refractivity contribution in [3.05, 3.63) is 59.7 Å². The topological polar surface area (TPSA) is 32.7 Å². The quantitative estimate of drug-likeness (QED) is 0.876. The van der Waals surface area contributed by atoms with Crippen LogP contribution in [-0.2, 0) is 4.74 Å². The van der Waals surface area contributed by atoms with Crippen LogP contribution < -0.4 is 0 Å². The average Bonchev–Trinajstić information content (AvgIpc) is 2.92. The first-order chi connectivity index (χ1) is 11.7. The Morgan fingerprint density at radius 3 is 1.96 bits per heavy atom. The molecule has 2 aromatic rings. The van der Waals surface area contributed by atoms with Crippen molar-refractivity contribution in [1.82, 2.24) is 4.90 Å². The molecular formula is C21H23NO2. The first kappa shape index (κ1) is 14.6. The van der Waals surface area contributed by atoms with E-state index in [0.29, 0.717) is 12.1 Å². The molecule has 24 heavy (non-hydrogen) atoms. The minimum atomic E-state index is -0.700. The van der Waals surface area contributed by atoms with E-state index in [9.17, 15) is 5.11 Å². The normalized spacial score (nSPS) is 32.4. The van der Waals surface area contributed by atoms with E-state index in [4.69, 9.17) is 4.74 Å². The number of likely N-dealkylation sites (N-methyl/N-ethyl adjacent to an activating group) is 1. The molecule has 124 valence electrons. The zero-order chi connectivity index (χ0) is 16.3. The van der Waals surface area contributed by atoms with Crippen LogP contribution in [0.4, 0.5) is 0 Å². The van der Waals surface area contributed by atoms with Crippen LogP contribution in [-0.4, -0.2) is 48.0 Å². The highest BCUT2D eigenvalue weighted by atomic mass is 16.5. The predicted octanol–water partition coefficient (Wildman–Crippen LogP) is 3.02. The maximum Gasteiger partial charge on any atom is 0.0788 e. The zero-order valence-electron chi connectivity index (χ0n) is 14.0. The average molecular weight is 321 g/mol. The highest BCUT2D eigenvalue weighted by molar-refractivity contribution is 5.79. The number of fused-ring (bicyclic) bond motifs is 5. The van der Waals surface area contributed by atoms with Gasteiger partial charge in [-0.2, -0.15) is 0 Å². The summed E-state index contributed by atoms with van der Waals surface area (Å²) in [5.41, 5.74) is 4.43. The summed E-state index contributed by atoms with van der Waals surface area (Å²) in [5, 5.41) is 11.8. The first-order valence-corrected chi connectivity index (χ1v) is 8.88. The van der Waals surface area contributed by atoms with Crippen LogP contribution in [0.2, 0.25) is 0 Å². The maximum absolute atomic E-state index is 11.8. The van der Waals surface area contributed by atoms with Crippen molar-refractivity contribution in [3.63, 3.8) is 0 Å². The minimum absolute atomic E-state index is 0.0710. The fourth-order valence-electron chi connectivity index (χ4n) is 5.15. The van der Waals surface area contributed by atoms with Crippen LogP contribution in [0.15, 0.2) is 48.5 Å². The molecule has 2 aromatic carbocycles. The molecule has 2 fully saturated rings. The lowest BCUT2D eigenvalue weighted by Crippen LogP contribution is -2.61. The van der Waals surface area contributed by atoms with E-state index < -0.39 is 5.60 Å². The van der Waals surface area contributed by atoms with Crippen LogP contribution in [0.1, 0.15) is 29.9 Å². The van der Waals surface area contributed by atoms with Crippen molar-refractivity contribution in [1.29, 1.82) is 0 Å². The van der Waals surface area contributed by atoms with Gasteiger partial charge in [0.2, 0.25) is 0 Å². The van der Waals surface area contributed by atoms with Crippen molar-refractivity contribution in [2.45, 2.75) is 36.4 Å². The Kier molecular flexibility index (Phi) is 3.15. The monoisotopic (exact) mass is 321 g/mol.